The fraction of sp³-hybridized carbons (Fsp3) is 0.688. The van der Waals surface area contributed by atoms with Crippen LogP contribution in [-0.2, 0) is 13.0 Å². The highest BCUT2D eigenvalue weighted by atomic mass is 32.1. The first-order chi connectivity index (χ1) is 8.80. The molecule has 1 nitrogen and oxygen atoms in total. The van der Waals surface area contributed by atoms with Gasteiger partial charge in [0.15, 0.2) is 0 Å². The maximum atomic E-state index is 3.93. The monoisotopic (exact) mass is 266 g/mol. The summed E-state index contributed by atoms with van der Waals surface area (Å²) < 4.78 is 0. The maximum absolute atomic E-state index is 3.93. The van der Waals surface area contributed by atoms with E-state index in [0.717, 1.165) is 19.4 Å². The molecule has 103 valence electrons. The summed E-state index contributed by atoms with van der Waals surface area (Å²) in [6.07, 6.45) is 7.37. The Balaban J connectivity index is 2.46. The van der Waals surface area contributed by atoms with Gasteiger partial charge in [-0.3, -0.25) is 4.90 Å². The normalized spacial score (nSPS) is 11.3. The van der Waals surface area contributed by atoms with E-state index >= 15 is 0 Å². The second kappa shape index (κ2) is 9.57. The predicted octanol–water partition coefficient (Wildman–Crippen LogP) is 4.92. The van der Waals surface area contributed by atoms with Crippen molar-refractivity contribution in [1.29, 1.82) is 0 Å². The number of hydrogen-bond donors (Lipinski definition) is 0. The second-order valence-corrected chi connectivity index (χ2v) is 6.21. The van der Waals surface area contributed by atoms with Crippen molar-refractivity contribution < 1.29 is 0 Å². The van der Waals surface area contributed by atoms with Gasteiger partial charge in [0.2, 0.25) is 0 Å². The van der Waals surface area contributed by atoms with Crippen LogP contribution >= 0.6 is 11.3 Å². The van der Waals surface area contributed by atoms with Crippen LogP contribution in [0.25, 0.3) is 0 Å². The molecule has 0 saturated heterocycles. The molecule has 1 aromatic heterocycles. The molecule has 0 N–H and O–H groups in total. The molecule has 0 aliphatic carbocycles. The minimum Gasteiger partial charge on any atom is -0.298 e. The zero-order valence-corrected chi connectivity index (χ0v) is 12.9. The summed E-state index contributed by atoms with van der Waals surface area (Å²) in [7, 11) is 0. The molecule has 1 rings (SSSR count). The average molecular weight is 266 g/mol. The molecule has 0 aliphatic rings. The van der Waals surface area contributed by atoms with Crippen molar-refractivity contribution in [2.45, 2.75) is 58.9 Å². The molecular weight excluding hydrogens is 238 g/mol. The Morgan fingerprint density at radius 2 is 1.67 bits per heavy atom. The predicted molar refractivity (Wildman–Crippen MR) is 83.1 cm³/mol. The van der Waals surface area contributed by atoms with E-state index in [1.807, 2.05) is 11.3 Å². The molecule has 0 spiro atoms. The highest BCUT2D eigenvalue weighted by Crippen LogP contribution is 2.20. The first kappa shape index (κ1) is 15.7. The zero-order chi connectivity index (χ0) is 13.2. The molecule has 1 radical (unpaired) electrons. The van der Waals surface area contributed by atoms with Crippen molar-refractivity contribution in [3.63, 3.8) is 0 Å². The molecular formula is C16H28NS. The summed E-state index contributed by atoms with van der Waals surface area (Å²) >= 11 is 1.97. The fourth-order valence-corrected chi connectivity index (χ4v) is 3.17. The van der Waals surface area contributed by atoms with E-state index in [4.69, 9.17) is 0 Å². The summed E-state index contributed by atoms with van der Waals surface area (Å²) in [6, 6.07) is 4.59. The van der Waals surface area contributed by atoms with Gasteiger partial charge in [0.05, 0.1) is 0 Å². The summed E-state index contributed by atoms with van der Waals surface area (Å²) in [5, 5.41) is 0. The van der Waals surface area contributed by atoms with E-state index in [9.17, 15) is 0 Å². The number of aryl methyl sites for hydroxylation is 1. The molecule has 18 heavy (non-hydrogen) atoms. The van der Waals surface area contributed by atoms with Gasteiger partial charge in [-0.05, 0) is 50.9 Å². The molecule has 0 amide bonds. The summed E-state index contributed by atoms with van der Waals surface area (Å²) in [6.45, 7) is 12.1. The van der Waals surface area contributed by atoms with Crippen LogP contribution < -0.4 is 0 Å². The van der Waals surface area contributed by atoms with Crippen molar-refractivity contribution in [2.75, 3.05) is 13.1 Å². The maximum Gasteiger partial charge on any atom is 0.0328 e. The van der Waals surface area contributed by atoms with Crippen LogP contribution in [0.1, 0.15) is 55.7 Å². The molecule has 0 bridgehead atoms. The van der Waals surface area contributed by atoms with Gasteiger partial charge in [0.1, 0.15) is 0 Å². The van der Waals surface area contributed by atoms with E-state index in [0.29, 0.717) is 0 Å². The zero-order valence-electron chi connectivity index (χ0n) is 12.1. The van der Waals surface area contributed by atoms with E-state index in [1.165, 1.54) is 48.5 Å². The number of unbranched alkanes of at least 4 members (excludes halogenated alkanes) is 2. The van der Waals surface area contributed by atoms with Gasteiger partial charge in [-0.15, -0.1) is 11.3 Å². The Hall–Kier alpha value is -0.340. The first-order valence-electron chi connectivity index (χ1n) is 7.39. The lowest BCUT2D eigenvalue weighted by molar-refractivity contribution is 0.259. The van der Waals surface area contributed by atoms with Crippen LogP contribution in [-0.4, -0.2) is 18.0 Å². The minimum atomic E-state index is 1.01. The van der Waals surface area contributed by atoms with Crippen LogP contribution in [0.15, 0.2) is 12.1 Å². The minimum absolute atomic E-state index is 1.01. The van der Waals surface area contributed by atoms with Gasteiger partial charge in [-0.1, -0.05) is 33.6 Å². The quantitative estimate of drug-likeness (QED) is 0.581. The molecule has 0 atom stereocenters. The third-order valence-corrected chi connectivity index (χ3v) is 4.31. The number of hydrogen-bond acceptors (Lipinski definition) is 2. The van der Waals surface area contributed by atoms with Crippen LogP contribution in [0.2, 0.25) is 0 Å². The SMILES string of the molecule is [CH2]CCc1ccc(CN(CCCC)CCCC)s1. The lowest BCUT2D eigenvalue weighted by atomic mass is 10.2. The lowest BCUT2D eigenvalue weighted by Gasteiger charge is -2.21. The Morgan fingerprint density at radius 1 is 1.06 bits per heavy atom. The molecule has 0 fully saturated rings. The molecule has 0 saturated carbocycles. The van der Waals surface area contributed by atoms with Gasteiger partial charge >= 0.3 is 0 Å². The third-order valence-electron chi connectivity index (χ3n) is 3.18. The van der Waals surface area contributed by atoms with Crippen molar-refractivity contribution >= 4 is 11.3 Å². The van der Waals surface area contributed by atoms with E-state index in [2.05, 4.69) is 37.8 Å². The second-order valence-electron chi connectivity index (χ2n) is 4.95. The Labute approximate surface area is 117 Å². The number of thiophene rings is 1. The van der Waals surface area contributed by atoms with Crippen molar-refractivity contribution in [2.24, 2.45) is 0 Å². The number of nitrogens with zero attached hydrogens (tertiary/aromatic N) is 1. The topological polar surface area (TPSA) is 3.24 Å². The molecule has 1 heterocycles. The smallest absolute Gasteiger partial charge is 0.0328 e. The van der Waals surface area contributed by atoms with E-state index < -0.39 is 0 Å². The summed E-state index contributed by atoms with van der Waals surface area (Å²) in [5.41, 5.74) is 0. The molecule has 2 heteroatoms. The van der Waals surface area contributed by atoms with Gasteiger partial charge < -0.3 is 0 Å². The van der Waals surface area contributed by atoms with Gasteiger partial charge in [-0.25, -0.2) is 0 Å². The van der Waals surface area contributed by atoms with Crippen molar-refractivity contribution in [1.82, 2.24) is 4.90 Å². The van der Waals surface area contributed by atoms with Crippen LogP contribution in [0.4, 0.5) is 0 Å². The highest BCUT2D eigenvalue weighted by Gasteiger charge is 2.07. The Kier molecular flexibility index (Phi) is 8.36. The standard InChI is InChI=1S/C16H28NS/c1-4-7-12-17(13-8-5-2)14-16-11-10-15(18-16)9-6-3/h10-11H,3-9,12-14H2,1-2H3. The highest BCUT2D eigenvalue weighted by molar-refractivity contribution is 7.11. The third kappa shape index (κ3) is 6.01. The molecule has 0 aromatic carbocycles. The summed E-state index contributed by atoms with van der Waals surface area (Å²) in [5.74, 6) is 0. The van der Waals surface area contributed by atoms with Gasteiger partial charge in [0, 0.05) is 16.3 Å². The van der Waals surface area contributed by atoms with Crippen molar-refractivity contribution in [3.05, 3.63) is 28.8 Å². The molecule has 1 aromatic rings. The largest absolute Gasteiger partial charge is 0.298 e. The first-order valence-corrected chi connectivity index (χ1v) is 8.21. The van der Waals surface area contributed by atoms with E-state index in [1.54, 1.807) is 0 Å². The van der Waals surface area contributed by atoms with E-state index in [-0.39, 0.29) is 0 Å². The van der Waals surface area contributed by atoms with Crippen LogP contribution in [0, 0.1) is 6.92 Å². The lowest BCUT2D eigenvalue weighted by Crippen LogP contribution is -2.25. The van der Waals surface area contributed by atoms with Crippen LogP contribution in [0.5, 0.6) is 0 Å². The average Bonchev–Trinajstić information content (AvgIpc) is 2.80. The number of rotatable bonds is 10. The fourth-order valence-electron chi connectivity index (χ4n) is 2.07. The summed E-state index contributed by atoms with van der Waals surface area (Å²) in [4.78, 5) is 5.63. The Bertz CT molecular complexity index is 298. The molecule has 0 aliphatic heterocycles. The Morgan fingerprint density at radius 3 is 2.22 bits per heavy atom. The van der Waals surface area contributed by atoms with Crippen LogP contribution in [0.3, 0.4) is 0 Å². The van der Waals surface area contributed by atoms with Crippen molar-refractivity contribution in [3.8, 4) is 0 Å². The molecule has 0 unspecified atom stereocenters. The van der Waals surface area contributed by atoms with Gasteiger partial charge in [0.25, 0.3) is 0 Å². The van der Waals surface area contributed by atoms with Gasteiger partial charge in [-0.2, -0.15) is 0 Å².